The summed E-state index contributed by atoms with van der Waals surface area (Å²) < 4.78 is 2.48. The highest BCUT2D eigenvalue weighted by Gasteiger charge is 2.37. The lowest BCUT2D eigenvalue weighted by atomic mass is 9.63. The first kappa shape index (κ1) is 35.8. The molecule has 1 heterocycles. The van der Waals surface area contributed by atoms with Gasteiger partial charge in [0.2, 0.25) is 0 Å². The standard InChI is InChI=1S/C56H48N2/c1-55(2)34-35-56(3,4)51-38-46(30-31-50(51)55)58-52-23-15-14-22-47(52)49-37-43(27-33-54(49)58)42-26-32-53(48(36-42)41-18-10-6-11-19-41)57(44-20-12-7-13-21-44)45-28-24-40(25-29-45)39-16-8-5-9-17-39/h5-33,36-38H,34-35H2,1-4H3. The summed E-state index contributed by atoms with van der Waals surface area (Å²) in [5.74, 6) is 0. The molecule has 0 radical (unpaired) electrons. The van der Waals surface area contributed by atoms with Crippen LogP contribution in [0.1, 0.15) is 51.7 Å². The first-order valence-electron chi connectivity index (χ1n) is 20.6. The largest absolute Gasteiger partial charge is 0.310 e. The number of hydrogen-bond donors (Lipinski definition) is 0. The third-order valence-corrected chi connectivity index (χ3v) is 12.7. The number of benzene rings is 8. The lowest BCUT2D eigenvalue weighted by Crippen LogP contribution is -2.33. The van der Waals surface area contributed by atoms with Crippen LogP contribution < -0.4 is 4.90 Å². The quantitative estimate of drug-likeness (QED) is 0.158. The van der Waals surface area contributed by atoms with Gasteiger partial charge in [-0.2, -0.15) is 0 Å². The van der Waals surface area contributed by atoms with Gasteiger partial charge in [0, 0.05) is 33.4 Å². The Morgan fingerprint density at radius 1 is 0.397 bits per heavy atom. The fourth-order valence-corrected chi connectivity index (χ4v) is 9.34. The molecule has 0 aliphatic heterocycles. The number of rotatable bonds is 7. The molecule has 282 valence electrons. The summed E-state index contributed by atoms with van der Waals surface area (Å²) in [4.78, 5) is 2.39. The fourth-order valence-electron chi connectivity index (χ4n) is 9.34. The zero-order valence-corrected chi connectivity index (χ0v) is 33.8. The van der Waals surface area contributed by atoms with Crippen molar-refractivity contribution in [2.45, 2.75) is 51.4 Å². The van der Waals surface area contributed by atoms with Gasteiger partial charge in [0.1, 0.15) is 0 Å². The zero-order chi connectivity index (χ0) is 39.4. The van der Waals surface area contributed by atoms with Gasteiger partial charge in [-0.3, -0.25) is 0 Å². The van der Waals surface area contributed by atoms with E-state index >= 15 is 0 Å². The van der Waals surface area contributed by atoms with E-state index in [0.29, 0.717) is 0 Å². The van der Waals surface area contributed by atoms with Crippen LogP contribution in [0.5, 0.6) is 0 Å². The van der Waals surface area contributed by atoms with Crippen LogP contribution in [0.4, 0.5) is 17.1 Å². The molecule has 0 saturated carbocycles. The van der Waals surface area contributed by atoms with Crippen molar-refractivity contribution in [3.63, 3.8) is 0 Å². The SMILES string of the molecule is CC1(C)CCC(C)(C)c2cc(-n3c4ccccc4c4cc(-c5ccc(N(c6ccccc6)c6ccc(-c7ccccc7)cc6)c(-c6ccccc6)c5)ccc43)ccc21. The van der Waals surface area contributed by atoms with Gasteiger partial charge in [0.15, 0.2) is 0 Å². The highest BCUT2D eigenvalue weighted by Crippen LogP contribution is 2.48. The molecule has 8 aromatic carbocycles. The second-order valence-electron chi connectivity index (χ2n) is 17.3. The number of para-hydroxylation sites is 2. The molecule has 58 heavy (non-hydrogen) atoms. The topological polar surface area (TPSA) is 8.17 Å². The van der Waals surface area contributed by atoms with Crippen LogP contribution in [0.2, 0.25) is 0 Å². The van der Waals surface area contributed by atoms with Crippen molar-refractivity contribution in [1.82, 2.24) is 4.57 Å². The van der Waals surface area contributed by atoms with Crippen molar-refractivity contribution < 1.29 is 0 Å². The molecule has 2 heteroatoms. The number of aromatic nitrogens is 1. The maximum Gasteiger partial charge on any atom is 0.0541 e. The molecule has 1 aliphatic carbocycles. The van der Waals surface area contributed by atoms with E-state index in [4.69, 9.17) is 0 Å². The maximum atomic E-state index is 2.48. The average molecular weight is 749 g/mol. The molecule has 0 amide bonds. The number of hydrogen-bond acceptors (Lipinski definition) is 1. The Kier molecular flexibility index (Phi) is 8.68. The van der Waals surface area contributed by atoms with E-state index in [2.05, 4.69) is 231 Å². The Morgan fingerprint density at radius 2 is 0.931 bits per heavy atom. The van der Waals surface area contributed by atoms with Crippen molar-refractivity contribution in [3.05, 3.63) is 205 Å². The molecule has 0 saturated heterocycles. The van der Waals surface area contributed by atoms with Crippen molar-refractivity contribution in [2.75, 3.05) is 4.90 Å². The maximum absolute atomic E-state index is 2.48. The van der Waals surface area contributed by atoms with Crippen LogP contribution in [-0.2, 0) is 10.8 Å². The van der Waals surface area contributed by atoms with Crippen LogP contribution in [0.3, 0.4) is 0 Å². The third kappa shape index (κ3) is 6.21. The molecule has 1 aliphatic rings. The molecule has 0 bridgehead atoms. The predicted octanol–water partition coefficient (Wildman–Crippen LogP) is 15.6. The Bertz CT molecular complexity index is 2920. The second-order valence-corrected chi connectivity index (χ2v) is 17.3. The van der Waals surface area contributed by atoms with E-state index in [1.165, 1.54) is 84.8 Å². The van der Waals surface area contributed by atoms with Crippen LogP contribution in [0, 0.1) is 0 Å². The lowest BCUT2D eigenvalue weighted by molar-refractivity contribution is 0.332. The van der Waals surface area contributed by atoms with Gasteiger partial charge < -0.3 is 9.47 Å². The van der Waals surface area contributed by atoms with Gasteiger partial charge in [-0.1, -0.05) is 155 Å². The summed E-state index contributed by atoms with van der Waals surface area (Å²) in [7, 11) is 0. The van der Waals surface area contributed by atoms with Gasteiger partial charge in [0.05, 0.1) is 16.7 Å². The normalized spacial score (nSPS) is 14.3. The summed E-state index contributed by atoms with van der Waals surface area (Å²) >= 11 is 0. The second kappa shape index (κ2) is 14.1. The first-order chi connectivity index (χ1) is 28.2. The highest BCUT2D eigenvalue weighted by atomic mass is 15.1. The number of nitrogens with zero attached hydrogens (tertiary/aromatic N) is 2. The van der Waals surface area contributed by atoms with Gasteiger partial charge in [0.25, 0.3) is 0 Å². The van der Waals surface area contributed by atoms with E-state index in [-0.39, 0.29) is 10.8 Å². The highest BCUT2D eigenvalue weighted by molar-refractivity contribution is 6.10. The van der Waals surface area contributed by atoms with E-state index in [0.717, 1.165) is 17.1 Å². The Morgan fingerprint density at radius 3 is 1.66 bits per heavy atom. The lowest BCUT2D eigenvalue weighted by Gasteiger charge is -2.42. The van der Waals surface area contributed by atoms with Crippen LogP contribution in [0.25, 0.3) is 60.9 Å². The average Bonchev–Trinajstić information content (AvgIpc) is 3.60. The molecule has 0 unspecified atom stereocenters. The van der Waals surface area contributed by atoms with Gasteiger partial charge in [-0.05, 0) is 129 Å². The van der Waals surface area contributed by atoms with E-state index in [1.807, 2.05) is 0 Å². The smallest absolute Gasteiger partial charge is 0.0541 e. The van der Waals surface area contributed by atoms with Crippen LogP contribution in [-0.4, -0.2) is 4.57 Å². The molecule has 1 aromatic heterocycles. The van der Waals surface area contributed by atoms with Crippen molar-refractivity contribution >= 4 is 38.9 Å². The van der Waals surface area contributed by atoms with Crippen molar-refractivity contribution in [2.24, 2.45) is 0 Å². The van der Waals surface area contributed by atoms with Crippen LogP contribution in [0.15, 0.2) is 194 Å². The van der Waals surface area contributed by atoms with Crippen LogP contribution >= 0.6 is 0 Å². The molecular weight excluding hydrogens is 701 g/mol. The van der Waals surface area contributed by atoms with E-state index in [9.17, 15) is 0 Å². The molecule has 0 spiro atoms. The predicted molar refractivity (Wildman–Crippen MR) is 247 cm³/mol. The van der Waals surface area contributed by atoms with Crippen molar-refractivity contribution in [1.29, 1.82) is 0 Å². The Labute approximate surface area is 342 Å². The van der Waals surface area contributed by atoms with Crippen molar-refractivity contribution in [3.8, 4) is 39.1 Å². The van der Waals surface area contributed by atoms with Gasteiger partial charge >= 0.3 is 0 Å². The molecule has 0 fully saturated rings. The minimum absolute atomic E-state index is 0.136. The summed E-state index contributed by atoms with van der Waals surface area (Å²) in [5, 5.41) is 2.53. The zero-order valence-electron chi connectivity index (χ0n) is 33.8. The summed E-state index contributed by atoms with van der Waals surface area (Å²) in [6, 6.07) is 71.2. The first-order valence-corrected chi connectivity index (χ1v) is 20.6. The number of fused-ring (bicyclic) bond motifs is 4. The Hall–Kier alpha value is -6.64. The third-order valence-electron chi connectivity index (χ3n) is 12.7. The monoisotopic (exact) mass is 748 g/mol. The minimum atomic E-state index is 0.136. The molecule has 9 aromatic rings. The molecular formula is C56H48N2. The van der Waals surface area contributed by atoms with E-state index in [1.54, 1.807) is 0 Å². The Balaban J connectivity index is 1.12. The van der Waals surface area contributed by atoms with Gasteiger partial charge in [-0.25, -0.2) is 0 Å². The number of anilines is 3. The fraction of sp³-hybridized carbons (Fsp3) is 0.143. The van der Waals surface area contributed by atoms with Gasteiger partial charge in [-0.15, -0.1) is 0 Å². The molecule has 0 N–H and O–H groups in total. The minimum Gasteiger partial charge on any atom is -0.310 e. The molecule has 0 atom stereocenters. The summed E-state index contributed by atoms with van der Waals surface area (Å²) in [6.07, 6.45) is 2.41. The molecule has 2 nitrogen and oxygen atoms in total. The summed E-state index contributed by atoms with van der Waals surface area (Å²) in [6.45, 7) is 9.64. The van der Waals surface area contributed by atoms with E-state index < -0.39 is 0 Å². The molecule has 10 rings (SSSR count). The summed E-state index contributed by atoms with van der Waals surface area (Å²) in [5.41, 5.74) is 17.5.